The van der Waals surface area contributed by atoms with Crippen molar-refractivity contribution in [3.63, 3.8) is 0 Å². The SMILES string of the molecule is CC1CN(C(C(=O)NC2CCc3c(Br)cccc32)C(C)C)CC(C)O1. The van der Waals surface area contributed by atoms with Crippen molar-refractivity contribution in [1.82, 2.24) is 10.2 Å². The molecule has 1 saturated heterocycles. The first-order valence-corrected chi connectivity index (χ1v) is 10.1. The molecule has 1 aliphatic heterocycles. The monoisotopic (exact) mass is 408 g/mol. The summed E-state index contributed by atoms with van der Waals surface area (Å²) in [6.45, 7) is 10.1. The Morgan fingerprint density at radius 1 is 1.28 bits per heavy atom. The van der Waals surface area contributed by atoms with Crippen LogP contribution >= 0.6 is 15.9 Å². The largest absolute Gasteiger partial charge is 0.373 e. The second-order valence-corrected chi connectivity index (χ2v) is 8.66. The summed E-state index contributed by atoms with van der Waals surface area (Å²) in [5, 5.41) is 3.33. The Morgan fingerprint density at radius 3 is 2.60 bits per heavy atom. The summed E-state index contributed by atoms with van der Waals surface area (Å²) in [6.07, 6.45) is 2.33. The molecule has 0 spiro atoms. The van der Waals surface area contributed by atoms with Gasteiger partial charge in [-0.1, -0.05) is 41.9 Å². The molecule has 0 aromatic heterocycles. The van der Waals surface area contributed by atoms with Crippen LogP contribution in [0.4, 0.5) is 0 Å². The van der Waals surface area contributed by atoms with E-state index in [1.165, 1.54) is 11.1 Å². The molecule has 138 valence electrons. The van der Waals surface area contributed by atoms with Crippen LogP contribution in [0.3, 0.4) is 0 Å². The number of rotatable bonds is 4. The first-order chi connectivity index (χ1) is 11.9. The summed E-state index contributed by atoms with van der Waals surface area (Å²) in [5.74, 6) is 0.412. The lowest BCUT2D eigenvalue weighted by Crippen LogP contribution is -2.57. The maximum atomic E-state index is 13.1. The number of halogens is 1. The van der Waals surface area contributed by atoms with Crippen LogP contribution in [-0.2, 0) is 16.0 Å². The fourth-order valence-corrected chi connectivity index (χ4v) is 4.93. The van der Waals surface area contributed by atoms with Crippen LogP contribution < -0.4 is 5.32 Å². The molecule has 25 heavy (non-hydrogen) atoms. The molecule has 1 heterocycles. The van der Waals surface area contributed by atoms with Crippen molar-refractivity contribution >= 4 is 21.8 Å². The van der Waals surface area contributed by atoms with E-state index in [0.717, 1.165) is 30.4 Å². The van der Waals surface area contributed by atoms with Crippen LogP contribution in [0.25, 0.3) is 0 Å². The summed E-state index contributed by atoms with van der Waals surface area (Å²) in [7, 11) is 0. The number of fused-ring (bicyclic) bond motifs is 1. The lowest BCUT2D eigenvalue weighted by Gasteiger charge is -2.41. The molecule has 0 saturated carbocycles. The number of benzene rings is 1. The minimum absolute atomic E-state index is 0.106. The van der Waals surface area contributed by atoms with E-state index < -0.39 is 0 Å². The molecule has 1 amide bonds. The molecule has 1 aromatic rings. The van der Waals surface area contributed by atoms with Gasteiger partial charge in [0.25, 0.3) is 0 Å². The predicted octanol–water partition coefficient (Wildman–Crippen LogP) is 3.69. The average Bonchev–Trinajstić information content (AvgIpc) is 2.90. The quantitative estimate of drug-likeness (QED) is 0.825. The van der Waals surface area contributed by atoms with Crippen molar-refractivity contribution in [2.75, 3.05) is 13.1 Å². The van der Waals surface area contributed by atoms with Crippen LogP contribution in [0.2, 0.25) is 0 Å². The number of hydrogen-bond donors (Lipinski definition) is 1. The lowest BCUT2D eigenvalue weighted by molar-refractivity contribution is -0.136. The van der Waals surface area contributed by atoms with E-state index in [0.29, 0.717) is 0 Å². The zero-order valence-electron chi connectivity index (χ0n) is 15.6. The molecule has 1 aliphatic carbocycles. The smallest absolute Gasteiger partial charge is 0.238 e. The fraction of sp³-hybridized carbons (Fsp3) is 0.650. The molecule has 1 aromatic carbocycles. The third-order valence-corrected chi connectivity index (χ3v) is 6.01. The Balaban J connectivity index is 1.74. The Labute approximate surface area is 159 Å². The van der Waals surface area contributed by atoms with Crippen molar-refractivity contribution in [2.24, 2.45) is 5.92 Å². The van der Waals surface area contributed by atoms with Gasteiger partial charge in [0.1, 0.15) is 0 Å². The highest BCUT2D eigenvalue weighted by Gasteiger charge is 2.36. The van der Waals surface area contributed by atoms with E-state index in [9.17, 15) is 4.79 Å². The van der Waals surface area contributed by atoms with Crippen LogP contribution in [-0.4, -0.2) is 42.1 Å². The number of carbonyl (C=O) groups is 1. The van der Waals surface area contributed by atoms with Gasteiger partial charge in [0.15, 0.2) is 0 Å². The summed E-state index contributed by atoms with van der Waals surface area (Å²) in [6, 6.07) is 6.29. The lowest BCUT2D eigenvalue weighted by atomic mass is 9.98. The fourth-order valence-electron chi connectivity index (χ4n) is 4.35. The van der Waals surface area contributed by atoms with Gasteiger partial charge in [-0.3, -0.25) is 9.69 Å². The first-order valence-electron chi connectivity index (χ1n) is 9.34. The third-order valence-electron chi connectivity index (χ3n) is 5.27. The molecule has 4 nitrogen and oxygen atoms in total. The van der Waals surface area contributed by atoms with Crippen LogP contribution in [0.5, 0.6) is 0 Å². The standard InChI is InChI=1S/C20H29BrN2O2/c1-12(2)19(23-10-13(3)25-14(4)11-23)20(24)22-18-9-8-15-16(18)6-5-7-17(15)21/h5-7,12-14,18-19H,8-11H2,1-4H3,(H,22,24). The minimum atomic E-state index is -0.106. The molecule has 2 aliphatic rings. The van der Waals surface area contributed by atoms with Gasteiger partial charge >= 0.3 is 0 Å². The van der Waals surface area contributed by atoms with E-state index >= 15 is 0 Å². The molecule has 0 radical (unpaired) electrons. The highest BCUT2D eigenvalue weighted by molar-refractivity contribution is 9.10. The van der Waals surface area contributed by atoms with Gasteiger partial charge in [0.2, 0.25) is 5.91 Å². The molecular weight excluding hydrogens is 380 g/mol. The summed E-state index contributed by atoms with van der Waals surface area (Å²) in [4.78, 5) is 15.4. The van der Waals surface area contributed by atoms with Gasteiger partial charge in [-0.2, -0.15) is 0 Å². The zero-order chi connectivity index (χ0) is 18.1. The Morgan fingerprint density at radius 2 is 1.96 bits per heavy atom. The van der Waals surface area contributed by atoms with Gasteiger partial charge in [0.05, 0.1) is 24.3 Å². The van der Waals surface area contributed by atoms with Gasteiger partial charge in [-0.05, 0) is 49.8 Å². The summed E-state index contributed by atoms with van der Waals surface area (Å²) < 4.78 is 6.99. The molecule has 1 N–H and O–H groups in total. The molecule has 4 atom stereocenters. The second-order valence-electron chi connectivity index (χ2n) is 7.81. The molecular formula is C20H29BrN2O2. The number of nitrogens with zero attached hydrogens (tertiary/aromatic N) is 1. The molecule has 4 unspecified atom stereocenters. The molecule has 1 fully saturated rings. The van der Waals surface area contributed by atoms with Gasteiger partial charge in [-0.15, -0.1) is 0 Å². The topological polar surface area (TPSA) is 41.6 Å². The summed E-state index contributed by atoms with van der Waals surface area (Å²) >= 11 is 3.63. The molecule has 0 bridgehead atoms. The van der Waals surface area contributed by atoms with E-state index in [4.69, 9.17) is 4.74 Å². The van der Waals surface area contributed by atoms with Gasteiger partial charge in [0, 0.05) is 17.6 Å². The van der Waals surface area contributed by atoms with Crippen LogP contribution in [0.1, 0.15) is 51.3 Å². The Kier molecular flexibility index (Phi) is 5.86. The Hall–Kier alpha value is -0.910. The van der Waals surface area contributed by atoms with Crippen molar-refractivity contribution < 1.29 is 9.53 Å². The molecule has 3 rings (SSSR count). The van der Waals surface area contributed by atoms with E-state index in [1.54, 1.807) is 0 Å². The van der Waals surface area contributed by atoms with Crippen molar-refractivity contribution in [2.45, 2.75) is 64.8 Å². The number of ether oxygens (including phenoxy) is 1. The van der Waals surface area contributed by atoms with E-state index in [-0.39, 0.29) is 36.1 Å². The molecule has 5 heteroatoms. The zero-order valence-corrected chi connectivity index (χ0v) is 17.2. The number of amides is 1. The highest BCUT2D eigenvalue weighted by Crippen LogP contribution is 2.35. The number of nitrogens with one attached hydrogen (secondary N) is 1. The Bertz CT molecular complexity index is 624. The van der Waals surface area contributed by atoms with Gasteiger partial charge in [-0.25, -0.2) is 0 Å². The maximum absolute atomic E-state index is 13.1. The van der Waals surface area contributed by atoms with Crippen LogP contribution in [0.15, 0.2) is 22.7 Å². The number of morpholine rings is 1. The average molecular weight is 409 g/mol. The maximum Gasteiger partial charge on any atom is 0.238 e. The van der Waals surface area contributed by atoms with E-state index in [1.807, 2.05) is 0 Å². The predicted molar refractivity (Wildman–Crippen MR) is 104 cm³/mol. The van der Waals surface area contributed by atoms with Crippen LogP contribution in [0, 0.1) is 5.92 Å². The summed E-state index contributed by atoms with van der Waals surface area (Å²) in [5.41, 5.74) is 2.59. The highest BCUT2D eigenvalue weighted by atomic mass is 79.9. The number of carbonyl (C=O) groups excluding carboxylic acids is 1. The first kappa shape index (κ1) is 18.9. The van der Waals surface area contributed by atoms with Crippen molar-refractivity contribution in [3.05, 3.63) is 33.8 Å². The van der Waals surface area contributed by atoms with Crippen molar-refractivity contribution in [1.29, 1.82) is 0 Å². The normalized spacial score (nSPS) is 28.0. The number of hydrogen-bond acceptors (Lipinski definition) is 3. The minimum Gasteiger partial charge on any atom is -0.373 e. The van der Waals surface area contributed by atoms with Gasteiger partial charge < -0.3 is 10.1 Å². The van der Waals surface area contributed by atoms with E-state index in [2.05, 4.69) is 72.0 Å². The second kappa shape index (κ2) is 7.77. The van der Waals surface area contributed by atoms with Crippen molar-refractivity contribution in [3.8, 4) is 0 Å². The third kappa shape index (κ3) is 4.09.